The van der Waals surface area contributed by atoms with E-state index >= 15 is 0 Å². The third-order valence-corrected chi connectivity index (χ3v) is 3.51. The maximum atomic E-state index is 11.9. The molecule has 3 heteroatoms. The Morgan fingerprint density at radius 2 is 2.36 bits per heavy atom. The molecule has 0 spiro atoms. The smallest absolute Gasteiger partial charge is 0.202 e. The number of hydrogen-bond donors (Lipinski definition) is 1. The number of ketones is 1. The highest BCUT2D eigenvalue weighted by Crippen LogP contribution is 2.30. The molecule has 1 aromatic heterocycles. The molecule has 0 aliphatic carbocycles. The van der Waals surface area contributed by atoms with E-state index in [4.69, 9.17) is 4.42 Å². The molecule has 2 unspecified atom stereocenters. The molecule has 0 aliphatic rings. The van der Waals surface area contributed by atoms with Crippen molar-refractivity contribution >= 4 is 18.4 Å². The van der Waals surface area contributed by atoms with E-state index in [0.29, 0.717) is 5.76 Å². The Hall–Kier alpha value is -0.700. The van der Waals surface area contributed by atoms with Crippen molar-refractivity contribution in [1.29, 1.82) is 0 Å². The normalized spacial score (nSPS) is 17.4. The van der Waals surface area contributed by atoms with Crippen molar-refractivity contribution in [2.45, 2.75) is 31.9 Å². The van der Waals surface area contributed by atoms with Gasteiger partial charge in [0, 0.05) is 10.7 Å². The highest BCUT2D eigenvalue weighted by atomic mass is 32.1. The molecule has 14 heavy (non-hydrogen) atoms. The maximum absolute atomic E-state index is 11.9. The van der Waals surface area contributed by atoms with Crippen molar-refractivity contribution in [2.24, 2.45) is 5.92 Å². The van der Waals surface area contributed by atoms with E-state index in [2.05, 4.69) is 12.6 Å². The molecule has 2 nitrogen and oxygen atoms in total. The monoisotopic (exact) mass is 212 g/mol. The highest BCUT2D eigenvalue weighted by molar-refractivity contribution is 7.81. The standard InChI is InChI=1S/C11H16O2S/c1-4-11(3,14)8(2)10(12)9-6-5-7-13-9/h5-8,14H,4H2,1-3H3. The molecule has 0 N–H and O–H groups in total. The minimum atomic E-state index is -0.274. The first-order valence-electron chi connectivity index (χ1n) is 4.79. The predicted molar refractivity (Wildman–Crippen MR) is 59.9 cm³/mol. The molecule has 1 rings (SSSR count). The van der Waals surface area contributed by atoms with Gasteiger partial charge in [-0.05, 0) is 25.5 Å². The zero-order valence-corrected chi connectivity index (χ0v) is 9.67. The van der Waals surface area contributed by atoms with Crippen LogP contribution in [0.2, 0.25) is 0 Å². The van der Waals surface area contributed by atoms with Gasteiger partial charge in [0.1, 0.15) is 0 Å². The zero-order chi connectivity index (χ0) is 10.8. The van der Waals surface area contributed by atoms with Crippen molar-refractivity contribution in [2.75, 3.05) is 0 Å². The Bertz CT molecular complexity index is 301. The SMILES string of the molecule is CCC(C)(S)C(C)C(=O)c1ccco1. The van der Waals surface area contributed by atoms with Gasteiger partial charge in [0.25, 0.3) is 0 Å². The zero-order valence-electron chi connectivity index (χ0n) is 8.78. The summed E-state index contributed by atoms with van der Waals surface area (Å²) in [6.07, 6.45) is 2.37. The fourth-order valence-electron chi connectivity index (χ4n) is 1.22. The maximum Gasteiger partial charge on any atom is 0.202 e. The number of Topliss-reactive ketones (excluding diaryl/α,β-unsaturated/α-hetero) is 1. The summed E-state index contributed by atoms with van der Waals surface area (Å²) < 4.78 is 4.80. The van der Waals surface area contributed by atoms with Gasteiger partial charge in [0.2, 0.25) is 5.78 Å². The molecule has 1 aromatic rings. The molecule has 0 fully saturated rings. The van der Waals surface area contributed by atoms with Crippen molar-refractivity contribution in [3.8, 4) is 0 Å². The van der Waals surface area contributed by atoms with Crippen molar-refractivity contribution in [3.63, 3.8) is 0 Å². The molecule has 0 radical (unpaired) electrons. The highest BCUT2D eigenvalue weighted by Gasteiger charge is 2.32. The topological polar surface area (TPSA) is 30.2 Å². The van der Waals surface area contributed by atoms with Crippen LogP contribution in [0.5, 0.6) is 0 Å². The first-order valence-corrected chi connectivity index (χ1v) is 5.24. The molecular weight excluding hydrogens is 196 g/mol. The summed E-state index contributed by atoms with van der Waals surface area (Å²) in [6.45, 7) is 5.89. The second-order valence-electron chi connectivity index (χ2n) is 3.77. The molecule has 78 valence electrons. The molecule has 0 saturated heterocycles. The van der Waals surface area contributed by atoms with Crippen LogP contribution in [0.25, 0.3) is 0 Å². The largest absolute Gasteiger partial charge is 0.461 e. The van der Waals surface area contributed by atoms with Gasteiger partial charge in [-0.2, -0.15) is 12.6 Å². The molecule has 0 bridgehead atoms. The van der Waals surface area contributed by atoms with Crippen molar-refractivity contribution < 1.29 is 9.21 Å². The van der Waals surface area contributed by atoms with E-state index in [-0.39, 0.29) is 16.4 Å². The Balaban J connectivity index is 2.81. The molecule has 0 saturated carbocycles. The number of furan rings is 1. The molecule has 0 aliphatic heterocycles. The van der Waals surface area contributed by atoms with E-state index in [1.54, 1.807) is 12.1 Å². The number of hydrogen-bond acceptors (Lipinski definition) is 3. The summed E-state index contributed by atoms with van der Waals surface area (Å²) >= 11 is 4.49. The van der Waals surface area contributed by atoms with Crippen LogP contribution in [0.1, 0.15) is 37.7 Å². The van der Waals surface area contributed by atoms with Gasteiger partial charge in [0.15, 0.2) is 5.76 Å². The molecule has 1 heterocycles. The van der Waals surface area contributed by atoms with Gasteiger partial charge in [-0.1, -0.05) is 13.8 Å². The quantitative estimate of drug-likeness (QED) is 0.613. The van der Waals surface area contributed by atoms with Crippen LogP contribution < -0.4 is 0 Å². The summed E-state index contributed by atoms with van der Waals surface area (Å²) in [6, 6.07) is 3.42. The average molecular weight is 212 g/mol. The number of rotatable bonds is 4. The predicted octanol–water partition coefficient (Wildman–Crippen LogP) is 3.20. The third-order valence-electron chi connectivity index (χ3n) is 2.81. The lowest BCUT2D eigenvalue weighted by atomic mass is 9.88. The fourth-order valence-corrected chi connectivity index (χ4v) is 1.34. The summed E-state index contributed by atoms with van der Waals surface area (Å²) in [5, 5.41) is 0. The van der Waals surface area contributed by atoms with E-state index in [9.17, 15) is 4.79 Å². The van der Waals surface area contributed by atoms with Gasteiger partial charge in [-0.3, -0.25) is 4.79 Å². The lowest BCUT2D eigenvalue weighted by Crippen LogP contribution is -2.31. The summed E-state index contributed by atoms with van der Waals surface area (Å²) in [5.41, 5.74) is 0. The van der Waals surface area contributed by atoms with Crippen LogP contribution in [-0.2, 0) is 0 Å². The number of thiol groups is 1. The second kappa shape index (κ2) is 4.22. The van der Waals surface area contributed by atoms with Gasteiger partial charge in [0.05, 0.1) is 6.26 Å². The molecule has 2 atom stereocenters. The summed E-state index contributed by atoms with van der Waals surface area (Å²) in [4.78, 5) is 11.9. The van der Waals surface area contributed by atoms with Crippen LogP contribution in [0.3, 0.4) is 0 Å². The first-order chi connectivity index (χ1) is 6.49. The molecule has 0 aromatic carbocycles. The Morgan fingerprint density at radius 1 is 1.71 bits per heavy atom. The third kappa shape index (κ3) is 2.21. The molecular formula is C11H16O2S. The van der Waals surface area contributed by atoms with Crippen LogP contribution in [0, 0.1) is 5.92 Å². The lowest BCUT2D eigenvalue weighted by Gasteiger charge is -2.27. The molecule has 0 amide bonds. The Kier molecular flexibility index (Phi) is 3.43. The summed E-state index contributed by atoms with van der Waals surface area (Å²) in [7, 11) is 0. The van der Waals surface area contributed by atoms with Gasteiger partial charge in [-0.15, -0.1) is 0 Å². The number of carbonyl (C=O) groups is 1. The van der Waals surface area contributed by atoms with Crippen molar-refractivity contribution in [1.82, 2.24) is 0 Å². The average Bonchev–Trinajstić information content (AvgIpc) is 2.68. The fraction of sp³-hybridized carbons (Fsp3) is 0.545. The first kappa shape index (κ1) is 11.4. The van der Waals surface area contributed by atoms with Crippen LogP contribution >= 0.6 is 12.6 Å². The van der Waals surface area contributed by atoms with Gasteiger partial charge < -0.3 is 4.42 Å². The lowest BCUT2D eigenvalue weighted by molar-refractivity contribution is 0.0877. The van der Waals surface area contributed by atoms with Crippen molar-refractivity contribution in [3.05, 3.63) is 24.2 Å². The van der Waals surface area contributed by atoms with Gasteiger partial charge >= 0.3 is 0 Å². The van der Waals surface area contributed by atoms with Gasteiger partial charge in [-0.25, -0.2) is 0 Å². The minimum Gasteiger partial charge on any atom is -0.461 e. The Morgan fingerprint density at radius 3 is 2.79 bits per heavy atom. The number of carbonyl (C=O) groups excluding carboxylic acids is 1. The van der Waals surface area contributed by atoms with Crippen LogP contribution in [0.15, 0.2) is 22.8 Å². The van der Waals surface area contributed by atoms with Crippen LogP contribution in [0.4, 0.5) is 0 Å². The second-order valence-corrected chi connectivity index (χ2v) is 4.80. The van der Waals surface area contributed by atoms with E-state index in [0.717, 1.165) is 6.42 Å². The van der Waals surface area contributed by atoms with E-state index in [1.165, 1.54) is 6.26 Å². The Labute approximate surface area is 90.1 Å². The van der Waals surface area contributed by atoms with E-state index in [1.807, 2.05) is 20.8 Å². The minimum absolute atomic E-state index is 0.0225. The van der Waals surface area contributed by atoms with E-state index < -0.39 is 0 Å². The summed E-state index contributed by atoms with van der Waals surface area (Å²) in [5.74, 6) is 0.308. The van der Waals surface area contributed by atoms with Crippen LogP contribution in [-0.4, -0.2) is 10.5 Å².